The molecule has 1 unspecified atom stereocenters. The van der Waals surface area contributed by atoms with Crippen LogP contribution in [-0.2, 0) is 0 Å². The van der Waals surface area contributed by atoms with Crippen molar-refractivity contribution in [3.8, 4) is 0 Å². The summed E-state index contributed by atoms with van der Waals surface area (Å²) in [5.41, 5.74) is 3.34. The van der Waals surface area contributed by atoms with Gasteiger partial charge in [0.1, 0.15) is 12.0 Å². The predicted molar refractivity (Wildman–Crippen MR) is 84.9 cm³/mol. The number of benzene rings is 2. The Morgan fingerprint density at radius 1 is 1.14 bits per heavy atom. The molecule has 3 rings (SSSR count). The Morgan fingerprint density at radius 3 is 2.52 bits per heavy atom. The monoisotopic (exact) mass is 284 g/mol. The van der Waals surface area contributed by atoms with Crippen LogP contribution < -0.4 is 10.2 Å². The first kappa shape index (κ1) is 14.1. The maximum Gasteiger partial charge on any atom is 0.123 e. The van der Waals surface area contributed by atoms with Crippen LogP contribution in [0.5, 0.6) is 0 Å². The summed E-state index contributed by atoms with van der Waals surface area (Å²) in [4.78, 5) is 2.33. The summed E-state index contributed by atoms with van der Waals surface area (Å²) in [7, 11) is 0. The van der Waals surface area contributed by atoms with Crippen molar-refractivity contribution in [3.63, 3.8) is 0 Å². The molecule has 1 N–H and O–H groups in total. The van der Waals surface area contributed by atoms with E-state index in [1.165, 1.54) is 11.6 Å². The van der Waals surface area contributed by atoms with E-state index >= 15 is 0 Å². The van der Waals surface area contributed by atoms with E-state index < -0.39 is 0 Å². The van der Waals surface area contributed by atoms with E-state index in [9.17, 15) is 4.39 Å². The predicted octanol–water partition coefficient (Wildman–Crippen LogP) is 4.02. The molecule has 1 aliphatic rings. The largest absolute Gasteiger partial charge is 0.345 e. The zero-order chi connectivity index (χ0) is 15.0. The molecular weight excluding hydrogens is 263 g/mol. The summed E-state index contributed by atoms with van der Waals surface area (Å²) in [6, 6.07) is 15.3. The average molecular weight is 284 g/mol. The molecule has 1 heterocycles. The Morgan fingerprint density at radius 2 is 1.86 bits per heavy atom. The van der Waals surface area contributed by atoms with Gasteiger partial charge in [0.15, 0.2) is 0 Å². The molecule has 1 fully saturated rings. The first-order valence-corrected chi connectivity index (χ1v) is 7.32. The van der Waals surface area contributed by atoms with Crippen molar-refractivity contribution in [3.05, 3.63) is 65.5 Å². The Labute approximate surface area is 125 Å². The third-order valence-electron chi connectivity index (χ3n) is 4.11. The van der Waals surface area contributed by atoms with Gasteiger partial charge in [0.25, 0.3) is 0 Å². The number of nitrogens with one attached hydrogen (secondary N) is 1. The number of hydrogen-bond donors (Lipinski definition) is 1. The molecule has 2 aromatic carbocycles. The van der Waals surface area contributed by atoms with Crippen LogP contribution in [0.1, 0.15) is 31.1 Å². The maximum absolute atomic E-state index is 13.5. The minimum Gasteiger partial charge on any atom is -0.345 e. The zero-order valence-electron chi connectivity index (χ0n) is 12.7. The lowest BCUT2D eigenvalue weighted by Crippen LogP contribution is -2.41. The van der Waals surface area contributed by atoms with E-state index in [1.54, 1.807) is 12.1 Å². The highest BCUT2D eigenvalue weighted by Gasteiger charge is 2.39. The van der Waals surface area contributed by atoms with Crippen LogP contribution in [0.15, 0.2) is 48.5 Å². The molecule has 3 heteroatoms. The normalized spacial score (nSPS) is 20.8. The van der Waals surface area contributed by atoms with Gasteiger partial charge in [-0.3, -0.25) is 5.32 Å². The summed E-state index contributed by atoms with van der Waals surface area (Å²) >= 11 is 0. The van der Waals surface area contributed by atoms with Gasteiger partial charge in [-0.15, -0.1) is 0 Å². The number of aryl methyl sites for hydroxylation is 1. The van der Waals surface area contributed by atoms with Crippen LogP contribution in [0, 0.1) is 12.7 Å². The molecule has 0 saturated carbocycles. The van der Waals surface area contributed by atoms with Gasteiger partial charge in [-0.1, -0.05) is 29.8 Å². The van der Waals surface area contributed by atoms with E-state index in [4.69, 9.17) is 0 Å². The molecule has 110 valence electrons. The number of nitrogens with zero attached hydrogens (tertiary/aromatic N) is 1. The summed E-state index contributed by atoms with van der Waals surface area (Å²) < 4.78 is 13.5. The van der Waals surface area contributed by atoms with E-state index in [0.717, 1.165) is 17.8 Å². The average Bonchev–Trinajstić information content (AvgIpc) is 2.75. The van der Waals surface area contributed by atoms with E-state index in [0.29, 0.717) is 0 Å². The van der Waals surface area contributed by atoms with Crippen LogP contribution in [-0.4, -0.2) is 12.1 Å². The Hall–Kier alpha value is -1.87. The Balaban J connectivity index is 2.02. The van der Waals surface area contributed by atoms with Crippen LogP contribution in [0.3, 0.4) is 0 Å². The maximum atomic E-state index is 13.5. The van der Waals surface area contributed by atoms with Crippen molar-refractivity contribution in [2.45, 2.75) is 32.5 Å². The highest BCUT2D eigenvalue weighted by molar-refractivity contribution is 5.53. The first-order chi connectivity index (χ1) is 9.97. The number of hydrogen-bond acceptors (Lipinski definition) is 2. The summed E-state index contributed by atoms with van der Waals surface area (Å²) in [6.45, 7) is 7.36. The highest BCUT2D eigenvalue weighted by atomic mass is 19.1. The van der Waals surface area contributed by atoms with Crippen LogP contribution in [0.2, 0.25) is 0 Å². The standard InChI is InChI=1S/C18H21FN2/c1-13-7-9-16(10-8-13)21-17(20-12-18(21,2)3)14-5-4-6-15(19)11-14/h4-11,17,20H,12H2,1-3H3. The zero-order valence-corrected chi connectivity index (χ0v) is 12.7. The molecule has 1 aliphatic heterocycles. The Bertz CT molecular complexity index is 634. The molecule has 0 aromatic heterocycles. The van der Waals surface area contributed by atoms with Crippen LogP contribution in [0.4, 0.5) is 10.1 Å². The van der Waals surface area contributed by atoms with Crippen molar-refractivity contribution in [2.75, 3.05) is 11.4 Å². The van der Waals surface area contributed by atoms with Crippen molar-refractivity contribution in [1.29, 1.82) is 0 Å². The summed E-state index contributed by atoms with van der Waals surface area (Å²) in [5.74, 6) is -0.192. The highest BCUT2D eigenvalue weighted by Crippen LogP contribution is 2.37. The minimum atomic E-state index is -0.192. The van der Waals surface area contributed by atoms with Crippen molar-refractivity contribution >= 4 is 5.69 Å². The SMILES string of the molecule is Cc1ccc(N2C(c3cccc(F)c3)NCC2(C)C)cc1. The molecule has 21 heavy (non-hydrogen) atoms. The fraction of sp³-hybridized carbons (Fsp3) is 0.333. The van der Waals surface area contributed by atoms with Gasteiger partial charge in [-0.25, -0.2) is 4.39 Å². The van der Waals surface area contributed by atoms with Crippen molar-refractivity contribution in [1.82, 2.24) is 5.32 Å². The lowest BCUT2D eigenvalue weighted by molar-refractivity contribution is 0.528. The topological polar surface area (TPSA) is 15.3 Å². The van der Waals surface area contributed by atoms with E-state index in [1.807, 2.05) is 6.07 Å². The molecule has 2 nitrogen and oxygen atoms in total. The van der Waals surface area contributed by atoms with Gasteiger partial charge < -0.3 is 4.90 Å². The third kappa shape index (κ3) is 2.66. The fourth-order valence-corrected chi connectivity index (χ4v) is 3.02. The van der Waals surface area contributed by atoms with Crippen LogP contribution >= 0.6 is 0 Å². The van der Waals surface area contributed by atoms with Crippen LogP contribution in [0.25, 0.3) is 0 Å². The number of anilines is 1. The summed E-state index contributed by atoms with van der Waals surface area (Å²) in [6.07, 6.45) is -0.00148. The van der Waals surface area contributed by atoms with Gasteiger partial charge in [-0.2, -0.15) is 0 Å². The minimum absolute atomic E-state index is 0.00148. The lowest BCUT2D eigenvalue weighted by atomic mass is 10.0. The Kier molecular flexibility index (Phi) is 3.46. The molecule has 0 aliphatic carbocycles. The van der Waals surface area contributed by atoms with Crippen molar-refractivity contribution < 1.29 is 4.39 Å². The summed E-state index contributed by atoms with van der Waals surface area (Å²) in [5, 5.41) is 3.51. The fourth-order valence-electron chi connectivity index (χ4n) is 3.02. The lowest BCUT2D eigenvalue weighted by Gasteiger charge is -2.37. The van der Waals surface area contributed by atoms with Gasteiger partial charge in [0, 0.05) is 17.8 Å². The number of halogens is 1. The van der Waals surface area contributed by atoms with Gasteiger partial charge in [0.05, 0.1) is 0 Å². The van der Waals surface area contributed by atoms with Crippen molar-refractivity contribution in [2.24, 2.45) is 0 Å². The van der Waals surface area contributed by atoms with Gasteiger partial charge in [0.2, 0.25) is 0 Å². The van der Waals surface area contributed by atoms with E-state index in [2.05, 4.69) is 55.3 Å². The van der Waals surface area contributed by atoms with Gasteiger partial charge in [-0.05, 0) is 50.6 Å². The number of rotatable bonds is 2. The molecule has 0 bridgehead atoms. The second-order valence-electron chi connectivity index (χ2n) is 6.36. The second-order valence-corrected chi connectivity index (χ2v) is 6.36. The van der Waals surface area contributed by atoms with Gasteiger partial charge >= 0.3 is 0 Å². The third-order valence-corrected chi connectivity index (χ3v) is 4.11. The molecule has 1 saturated heterocycles. The molecule has 0 amide bonds. The second kappa shape index (κ2) is 5.15. The first-order valence-electron chi connectivity index (χ1n) is 7.32. The molecular formula is C18H21FN2. The molecule has 0 radical (unpaired) electrons. The van der Waals surface area contributed by atoms with E-state index in [-0.39, 0.29) is 17.5 Å². The quantitative estimate of drug-likeness (QED) is 0.896. The molecule has 1 atom stereocenters. The smallest absolute Gasteiger partial charge is 0.123 e. The molecule has 0 spiro atoms. The molecule has 2 aromatic rings.